The van der Waals surface area contributed by atoms with Gasteiger partial charge in [-0.3, -0.25) is 14.6 Å². The van der Waals surface area contributed by atoms with Gasteiger partial charge in [-0.2, -0.15) is 0 Å². The Bertz CT molecular complexity index is 302. The average molecular weight is 284 g/mol. The number of rotatable bonds is 5. The van der Waals surface area contributed by atoms with Crippen molar-refractivity contribution in [2.45, 2.75) is 13.0 Å². The zero-order valence-corrected chi connectivity index (χ0v) is 12.8. The summed E-state index contributed by atoms with van der Waals surface area (Å²) in [5.41, 5.74) is 0. The van der Waals surface area contributed by atoms with Gasteiger partial charge in [-0.1, -0.05) is 0 Å². The van der Waals surface area contributed by atoms with Gasteiger partial charge in [-0.15, -0.1) is 0 Å². The van der Waals surface area contributed by atoms with E-state index in [9.17, 15) is 4.79 Å². The highest BCUT2D eigenvalue weighted by molar-refractivity contribution is 5.81. The van der Waals surface area contributed by atoms with Crippen molar-refractivity contribution in [2.24, 2.45) is 0 Å². The minimum atomic E-state index is -0.0454. The van der Waals surface area contributed by atoms with E-state index in [0.29, 0.717) is 13.2 Å². The summed E-state index contributed by atoms with van der Waals surface area (Å²) in [6.45, 7) is 11.2. The highest BCUT2D eigenvalue weighted by Crippen LogP contribution is 2.05. The van der Waals surface area contributed by atoms with E-state index >= 15 is 0 Å². The normalized spacial score (nSPS) is 23.1. The monoisotopic (exact) mass is 284 g/mol. The van der Waals surface area contributed by atoms with Crippen molar-refractivity contribution in [3.8, 4) is 0 Å². The van der Waals surface area contributed by atoms with Gasteiger partial charge in [-0.05, 0) is 14.0 Å². The lowest BCUT2D eigenvalue weighted by molar-refractivity contribution is -0.140. The number of amides is 1. The van der Waals surface area contributed by atoms with E-state index in [2.05, 4.69) is 15.1 Å². The van der Waals surface area contributed by atoms with E-state index in [1.165, 1.54) is 0 Å². The van der Waals surface area contributed by atoms with E-state index in [0.717, 1.165) is 52.4 Å². The summed E-state index contributed by atoms with van der Waals surface area (Å²) in [7, 11) is 2.05. The highest BCUT2D eigenvalue weighted by Gasteiger charge is 2.25. The molecule has 20 heavy (non-hydrogen) atoms. The number of carbonyl (C=O) groups is 1. The maximum absolute atomic E-state index is 12.4. The van der Waals surface area contributed by atoms with Crippen LogP contribution < -0.4 is 5.32 Å². The van der Waals surface area contributed by atoms with Crippen molar-refractivity contribution in [3.63, 3.8) is 0 Å². The Hall–Kier alpha value is -0.690. The molecule has 0 aromatic rings. The van der Waals surface area contributed by atoms with Crippen molar-refractivity contribution in [2.75, 3.05) is 72.6 Å². The van der Waals surface area contributed by atoms with Gasteiger partial charge in [0.15, 0.2) is 0 Å². The number of carbonyl (C=O) groups excluding carboxylic acids is 1. The predicted molar refractivity (Wildman–Crippen MR) is 78.8 cm³/mol. The maximum Gasteiger partial charge on any atom is 0.239 e. The summed E-state index contributed by atoms with van der Waals surface area (Å²) < 4.78 is 5.30. The second-order valence-corrected chi connectivity index (χ2v) is 5.69. The first-order valence-electron chi connectivity index (χ1n) is 7.68. The molecule has 2 aliphatic rings. The molecular formula is C14H28N4O2. The van der Waals surface area contributed by atoms with Gasteiger partial charge < -0.3 is 15.0 Å². The van der Waals surface area contributed by atoms with Gasteiger partial charge in [0.1, 0.15) is 0 Å². The summed E-state index contributed by atoms with van der Waals surface area (Å²) in [5, 5.41) is 3.36. The van der Waals surface area contributed by atoms with Gasteiger partial charge in [0, 0.05) is 52.4 Å². The largest absolute Gasteiger partial charge is 0.378 e. The van der Waals surface area contributed by atoms with Crippen molar-refractivity contribution >= 4 is 5.91 Å². The molecule has 2 fully saturated rings. The molecule has 0 aromatic carbocycles. The number of hydrogen-bond acceptors (Lipinski definition) is 5. The van der Waals surface area contributed by atoms with Crippen LogP contribution in [0, 0.1) is 0 Å². The number of likely N-dealkylation sites (N-methyl/N-ethyl adjacent to an activating group) is 1. The van der Waals surface area contributed by atoms with Crippen molar-refractivity contribution < 1.29 is 9.53 Å². The van der Waals surface area contributed by atoms with E-state index < -0.39 is 0 Å². The van der Waals surface area contributed by atoms with Crippen LogP contribution >= 0.6 is 0 Å². The molecule has 1 N–H and O–H groups in total. The Morgan fingerprint density at radius 3 is 2.55 bits per heavy atom. The van der Waals surface area contributed by atoms with Crippen LogP contribution in [0.5, 0.6) is 0 Å². The van der Waals surface area contributed by atoms with Gasteiger partial charge in [-0.25, -0.2) is 0 Å². The fraction of sp³-hybridized carbons (Fsp3) is 0.929. The molecule has 1 unspecified atom stereocenters. The van der Waals surface area contributed by atoms with Gasteiger partial charge >= 0.3 is 0 Å². The molecule has 2 aliphatic heterocycles. The number of nitrogens with zero attached hydrogens (tertiary/aromatic N) is 3. The maximum atomic E-state index is 12.4. The molecule has 116 valence electrons. The first-order valence-corrected chi connectivity index (χ1v) is 7.68. The number of morpholine rings is 1. The lowest BCUT2D eigenvalue weighted by Gasteiger charge is -2.34. The highest BCUT2D eigenvalue weighted by atomic mass is 16.5. The smallest absolute Gasteiger partial charge is 0.239 e. The van der Waals surface area contributed by atoms with Crippen molar-refractivity contribution in [3.05, 3.63) is 0 Å². The zero-order chi connectivity index (χ0) is 14.4. The van der Waals surface area contributed by atoms with E-state index in [4.69, 9.17) is 4.74 Å². The summed E-state index contributed by atoms with van der Waals surface area (Å²) in [4.78, 5) is 18.9. The Labute approximate surface area is 122 Å². The third kappa shape index (κ3) is 4.41. The zero-order valence-electron chi connectivity index (χ0n) is 12.8. The molecule has 2 heterocycles. The van der Waals surface area contributed by atoms with E-state index in [-0.39, 0.29) is 11.9 Å². The minimum absolute atomic E-state index is 0.0454. The molecule has 0 spiro atoms. The van der Waals surface area contributed by atoms with E-state index in [1.54, 1.807) is 0 Å². The summed E-state index contributed by atoms with van der Waals surface area (Å²) in [6, 6.07) is -0.0454. The van der Waals surface area contributed by atoms with Crippen LogP contribution in [-0.4, -0.2) is 99.3 Å². The summed E-state index contributed by atoms with van der Waals surface area (Å²) >= 11 is 0. The Balaban J connectivity index is 1.72. The third-order valence-corrected chi connectivity index (χ3v) is 4.32. The first-order chi connectivity index (χ1) is 9.68. The van der Waals surface area contributed by atoms with Crippen LogP contribution in [0.3, 0.4) is 0 Å². The standard InChI is InChI=1S/C14H28N4O2/c1-13(14(19)18-9-11-20-12-10-18)16(2)7-8-17-5-3-15-4-6-17/h13,15H,3-12H2,1-2H3. The molecule has 0 saturated carbocycles. The quantitative estimate of drug-likeness (QED) is 0.707. The predicted octanol–water partition coefficient (Wildman–Crippen LogP) is -0.929. The molecule has 6 heteroatoms. The molecule has 0 radical (unpaired) electrons. The van der Waals surface area contributed by atoms with Crippen LogP contribution in [0.15, 0.2) is 0 Å². The van der Waals surface area contributed by atoms with Crippen LogP contribution in [0.25, 0.3) is 0 Å². The summed E-state index contributed by atoms with van der Waals surface area (Å²) in [6.07, 6.45) is 0. The molecular weight excluding hydrogens is 256 g/mol. The van der Waals surface area contributed by atoms with Crippen molar-refractivity contribution in [1.82, 2.24) is 20.0 Å². The average Bonchev–Trinajstić information content (AvgIpc) is 2.53. The van der Waals surface area contributed by atoms with Crippen molar-refractivity contribution in [1.29, 1.82) is 0 Å². The minimum Gasteiger partial charge on any atom is -0.378 e. The number of nitrogens with one attached hydrogen (secondary N) is 1. The van der Waals surface area contributed by atoms with Crippen LogP contribution in [0.2, 0.25) is 0 Å². The SMILES string of the molecule is CC(C(=O)N1CCOCC1)N(C)CCN1CCNCC1. The summed E-state index contributed by atoms with van der Waals surface area (Å²) in [5.74, 6) is 0.233. The second kappa shape index (κ2) is 7.93. The number of ether oxygens (including phenoxy) is 1. The topological polar surface area (TPSA) is 48.1 Å². The number of hydrogen-bond donors (Lipinski definition) is 1. The molecule has 2 rings (SSSR count). The Morgan fingerprint density at radius 1 is 1.25 bits per heavy atom. The first kappa shape index (κ1) is 15.7. The second-order valence-electron chi connectivity index (χ2n) is 5.69. The molecule has 0 bridgehead atoms. The Morgan fingerprint density at radius 2 is 1.90 bits per heavy atom. The molecule has 0 aromatic heterocycles. The molecule has 1 amide bonds. The van der Waals surface area contributed by atoms with Gasteiger partial charge in [0.2, 0.25) is 5.91 Å². The number of piperazine rings is 1. The lowest BCUT2D eigenvalue weighted by Crippen LogP contribution is -2.51. The molecule has 1 atom stereocenters. The molecule has 0 aliphatic carbocycles. The lowest BCUT2D eigenvalue weighted by atomic mass is 10.2. The van der Waals surface area contributed by atoms with Crippen LogP contribution in [0.1, 0.15) is 6.92 Å². The molecule has 2 saturated heterocycles. The fourth-order valence-corrected chi connectivity index (χ4v) is 2.66. The van der Waals surface area contributed by atoms with Crippen LogP contribution in [-0.2, 0) is 9.53 Å². The third-order valence-electron chi connectivity index (χ3n) is 4.32. The molecule has 6 nitrogen and oxygen atoms in total. The van der Waals surface area contributed by atoms with Gasteiger partial charge in [0.25, 0.3) is 0 Å². The Kier molecular flexibility index (Phi) is 6.22. The van der Waals surface area contributed by atoms with Gasteiger partial charge in [0.05, 0.1) is 19.3 Å². The van der Waals surface area contributed by atoms with E-state index in [1.807, 2.05) is 18.9 Å². The van der Waals surface area contributed by atoms with Crippen LogP contribution in [0.4, 0.5) is 0 Å². The fourth-order valence-electron chi connectivity index (χ4n) is 2.66.